The maximum Gasteiger partial charge on any atom is 0.343 e. The average molecular weight is 432 g/mol. The fraction of sp³-hybridized carbons (Fsp3) is 0.200. The number of rotatable bonds is 10. The zero-order valence-corrected chi connectivity index (χ0v) is 17.8. The molecule has 0 aromatic heterocycles. The number of nitro groups is 1. The van der Waals surface area contributed by atoms with E-state index in [1.807, 2.05) is 0 Å². The van der Waals surface area contributed by atoms with E-state index in [1.54, 1.807) is 66.9 Å². The number of non-ortho nitro benzene ring substituents is 1. The summed E-state index contributed by atoms with van der Waals surface area (Å²) in [5.74, 6) is 0.700. The van der Waals surface area contributed by atoms with Gasteiger partial charge in [0, 0.05) is 18.3 Å². The van der Waals surface area contributed by atoms with E-state index in [9.17, 15) is 14.9 Å². The van der Waals surface area contributed by atoms with E-state index in [1.165, 1.54) is 12.1 Å². The lowest BCUT2D eigenvalue weighted by Crippen LogP contribution is -2.08. The van der Waals surface area contributed by atoms with Crippen LogP contribution in [0.3, 0.4) is 0 Å². The van der Waals surface area contributed by atoms with Crippen molar-refractivity contribution in [3.63, 3.8) is 0 Å². The fourth-order valence-corrected chi connectivity index (χ4v) is 2.83. The molecular formula is C25H24N2O5. The van der Waals surface area contributed by atoms with Gasteiger partial charge in [-0.3, -0.25) is 15.1 Å². The first kappa shape index (κ1) is 22.7. The molecular weight excluding hydrogens is 408 g/mol. The monoisotopic (exact) mass is 432 g/mol. The van der Waals surface area contributed by atoms with Crippen LogP contribution in [0.15, 0.2) is 77.8 Å². The second kappa shape index (κ2) is 11.4. The summed E-state index contributed by atoms with van der Waals surface area (Å²) >= 11 is 0. The summed E-state index contributed by atoms with van der Waals surface area (Å²) < 4.78 is 11.1. The highest BCUT2D eigenvalue weighted by molar-refractivity contribution is 5.91. The highest BCUT2D eigenvalue weighted by Crippen LogP contribution is 2.19. The number of nitrogens with zero attached hydrogens (tertiary/aromatic N) is 2. The Balaban J connectivity index is 1.53. The number of carbonyl (C=O) groups excluding carboxylic acids is 1. The van der Waals surface area contributed by atoms with Gasteiger partial charge in [-0.05, 0) is 72.6 Å². The Morgan fingerprint density at radius 2 is 1.59 bits per heavy atom. The Morgan fingerprint density at radius 3 is 2.22 bits per heavy atom. The van der Waals surface area contributed by atoms with E-state index in [0.29, 0.717) is 23.6 Å². The molecule has 3 rings (SSSR count). The predicted octanol–water partition coefficient (Wildman–Crippen LogP) is 6.13. The number of ether oxygens (including phenoxy) is 2. The SMILES string of the molecule is CCCCCOc1ccc(C(=O)Oc2ccc(C=Nc3ccc([N+](=O)[O-])cc3)cc2)cc1. The minimum Gasteiger partial charge on any atom is -0.494 e. The summed E-state index contributed by atoms with van der Waals surface area (Å²) in [4.78, 5) is 26.9. The van der Waals surface area contributed by atoms with Gasteiger partial charge in [-0.15, -0.1) is 0 Å². The smallest absolute Gasteiger partial charge is 0.343 e. The van der Waals surface area contributed by atoms with Crippen molar-refractivity contribution in [1.29, 1.82) is 0 Å². The van der Waals surface area contributed by atoms with Crippen LogP contribution in [0.2, 0.25) is 0 Å². The Bertz CT molecular complexity index is 1060. The van der Waals surface area contributed by atoms with Crippen molar-refractivity contribution >= 4 is 23.6 Å². The summed E-state index contributed by atoms with van der Waals surface area (Å²) in [6.07, 6.45) is 4.91. The number of hydrogen-bond acceptors (Lipinski definition) is 6. The molecule has 0 aliphatic carbocycles. The molecule has 0 N–H and O–H groups in total. The van der Waals surface area contributed by atoms with Crippen LogP contribution >= 0.6 is 0 Å². The van der Waals surface area contributed by atoms with Crippen molar-refractivity contribution in [1.82, 2.24) is 0 Å². The third kappa shape index (κ3) is 6.77. The second-order valence-electron chi connectivity index (χ2n) is 7.07. The summed E-state index contributed by atoms with van der Waals surface area (Å²) in [6.45, 7) is 2.81. The van der Waals surface area contributed by atoms with E-state index in [-0.39, 0.29) is 5.69 Å². The van der Waals surface area contributed by atoms with Gasteiger partial charge in [0.05, 0.1) is 22.8 Å². The van der Waals surface area contributed by atoms with Crippen molar-refractivity contribution in [2.75, 3.05) is 6.61 Å². The molecule has 32 heavy (non-hydrogen) atoms. The first-order valence-electron chi connectivity index (χ1n) is 10.4. The highest BCUT2D eigenvalue weighted by Gasteiger charge is 2.09. The van der Waals surface area contributed by atoms with Crippen LogP contribution in [-0.2, 0) is 0 Å². The maximum absolute atomic E-state index is 12.4. The lowest BCUT2D eigenvalue weighted by Gasteiger charge is -2.07. The zero-order valence-electron chi connectivity index (χ0n) is 17.8. The summed E-state index contributed by atoms with van der Waals surface area (Å²) in [6, 6.07) is 19.8. The van der Waals surface area contributed by atoms with Gasteiger partial charge in [0.15, 0.2) is 0 Å². The van der Waals surface area contributed by atoms with Gasteiger partial charge in [0.1, 0.15) is 11.5 Å². The average Bonchev–Trinajstić information content (AvgIpc) is 2.82. The van der Waals surface area contributed by atoms with Crippen LogP contribution in [0.25, 0.3) is 0 Å². The molecule has 7 nitrogen and oxygen atoms in total. The van der Waals surface area contributed by atoms with Crippen molar-refractivity contribution < 1.29 is 19.2 Å². The lowest BCUT2D eigenvalue weighted by atomic mass is 10.2. The molecule has 0 saturated heterocycles. The van der Waals surface area contributed by atoms with Crippen LogP contribution in [0.4, 0.5) is 11.4 Å². The largest absolute Gasteiger partial charge is 0.494 e. The number of esters is 1. The molecule has 0 fully saturated rings. The molecule has 0 atom stereocenters. The van der Waals surface area contributed by atoms with E-state index < -0.39 is 10.9 Å². The van der Waals surface area contributed by atoms with E-state index in [2.05, 4.69) is 11.9 Å². The molecule has 164 valence electrons. The lowest BCUT2D eigenvalue weighted by molar-refractivity contribution is -0.384. The third-order valence-corrected chi connectivity index (χ3v) is 4.62. The van der Waals surface area contributed by atoms with E-state index in [0.717, 1.165) is 30.6 Å². The Kier molecular flexibility index (Phi) is 8.09. The minimum atomic E-state index is -0.454. The summed E-state index contributed by atoms with van der Waals surface area (Å²) in [5.41, 5.74) is 1.86. The fourth-order valence-electron chi connectivity index (χ4n) is 2.83. The Morgan fingerprint density at radius 1 is 0.938 bits per heavy atom. The molecule has 0 spiro atoms. The normalized spacial score (nSPS) is 10.8. The molecule has 0 aliphatic heterocycles. The van der Waals surface area contributed by atoms with E-state index >= 15 is 0 Å². The molecule has 0 aliphatic rings. The summed E-state index contributed by atoms with van der Waals surface area (Å²) in [5, 5.41) is 10.7. The van der Waals surface area contributed by atoms with Gasteiger partial charge < -0.3 is 9.47 Å². The van der Waals surface area contributed by atoms with Crippen molar-refractivity contribution in [2.45, 2.75) is 26.2 Å². The molecule has 0 amide bonds. The van der Waals surface area contributed by atoms with Crippen molar-refractivity contribution in [2.24, 2.45) is 4.99 Å². The van der Waals surface area contributed by atoms with Gasteiger partial charge in [0.2, 0.25) is 0 Å². The highest BCUT2D eigenvalue weighted by atomic mass is 16.6. The number of unbranched alkanes of at least 4 members (excludes halogenated alkanes) is 2. The Hall–Kier alpha value is -4.00. The molecule has 0 heterocycles. The standard InChI is InChI=1S/C25H24N2O5/c1-2-3-4-17-31-23-15-7-20(8-16-23)25(28)32-24-13-5-19(6-14-24)18-26-21-9-11-22(12-10-21)27(29)30/h5-16,18H,2-4,17H2,1H3. The molecule has 0 bridgehead atoms. The minimum absolute atomic E-state index is 0.0178. The van der Waals surface area contributed by atoms with Crippen LogP contribution < -0.4 is 9.47 Å². The molecule has 0 unspecified atom stereocenters. The van der Waals surface area contributed by atoms with Crippen LogP contribution in [0, 0.1) is 10.1 Å². The van der Waals surface area contributed by atoms with Crippen molar-refractivity contribution in [3.8, 4) is 11.5 Å². The molecule has 0 saturated carbocycles. The number of aliphatic imine (C=N–C) groups is 1. The number of carbonyl (C=O) groups is 1. The van der Waals surface area contributed by atoms with Crippen LogP contribution in [0.5, 0.6) is 11.5 Å². The van der Waals surface area contributed by atoms with E-state index in [4.69, 9.17) is 9.47 Å². The first-order valence-corrected chi connectivity index (χ1v) is 10.4. The van der Waals surface area contributed by atoms with Gasteiger partial charge in [-0.2, -0.15) is 0 Å². The molecule has 7 heteroatoms. The number of nitro benzene ring substituents is 1. The topological polar surface area (TPSA) is 91.0 Å². The van der Waals surface area contributed by atoms with Crippen molar-refractivity contribution in [3.05, 3.63) is 94.0 Å². The van der Waals surface area contributed by atoms with Gasteiger partial charge in [0.25, 0.3) is 5.69 Å². The van der Waals surface area contributed by atoms with Gasteiger partial charge in [-0.1, -0.05) is 19.8 Å². The zero-order chi connectivity index (χ0) is 22.8. The number of hydrogen-bond donors (Lipinski definition) is 0. The first-order chi connectivity index (χ1) is 15.5. The molecule has 0 radical (unpaired) electrons. The second-order valence-corrected chi connectivity index (χ2v) is 7.07. The van der Waals surface area contributed by atoms with Crippen LogP contribution in [0.1, 0.15) is 42.1 Å². The molecule has 3 aromatic carbocycles. The molecule has 3 aromatic rings. The van der Waals surface area contributed by atoms with Crippen LogP contribution in [-0.4, -0.2) is 23.7 Å². The number of benzene rings is 3. The maximum atomic E-state index is 12.4. The van der Waals surface area contributed by atoms with Gasteiger partial charge in [-0.25, -0.2) is 4.79 Å². The third-order valence-electron chi connectivity index (χ3n) is 4.62. The predicted molar refractivity (Wildman–Crippen MR) is 123 cm³/mol. The Labute approximate surface area is 186 Å². The summed E-state index contributed by atoms with van der Waals surface area (Å²) in [7, 11) is 0. The van der Waals surface area contributed by atoms with Gasteiger partial charge >= 0.3 is 5.97 Å². The quantitative estimate of drug-likeness (QED) is 0.0959.